The fourth-order valence-corrected chi connectivity index (χ4v) is 4.02. The number of aromatic nitrogens is 3. The van der Waals surface area contributed by atoms with Gasteiger partial charge in [0, 0.05) is 38.2 Å². The highest BCUT2D eigenvalue weighted by Gasteiger charge is 2.27. The van der Waals surface area contributed by atoms with E-state index in [0.717, 1.165) is 63.7 Å². The Kier molecular flexibility index (Phi) is 6.01. The summed E-state index contributed by atoms with van der Waals surface area (Å²) in [5.74, 6) is 3.76. The summed E-state index contributed by atoms with van der Waals surface area (Å²) in [7, 11) is 1.70. The van der Waals surface area contributed by atoms with Crippen LogP contribution in [0.1, 0.15) is 36.0 Å². The van der Waals surface area contributed by atoms with Gasteiger partial charge in [-0.2, -0.15) is 0 Å². The molecule has 2 aliphatic rings. The van der Waals surface area contributed by atoms with Gasteiger partial charge in [0.25, 0.3) is 0 Å². The summed E-state index contributed by atoms with van der Waals surface area (Å²) in [6.07, 6.45) is 2.27. The van der Waals surface area contributed by atoms with Gasteiger partial charge in [-0.15, -0.1) is 10.2 Å². The molecule has 4 rings (SSSR count). The third kappa shape index (κ3) is 4.31. The maximum Gasteiger partial charge on any atom is 0.147 e. The molecule has 1 saturated heterocycles. The van der Waals surface area contributed by atoms with Crippen LogP contribution in [0, 0.1) is 0 Å². The van der Waals surface area contributed by atoms with E-state index in [0.29, 0.717) is 19.1 Å². The van der Waals surface area contributed by atoms with Crippen molar-refractivity contribution in [3.8, 4) is 5.75 Å². The minimum atomic E-state index is 0.522. The second-order valence-corrected chi connectivity index (χ2v) is 7.30. The van der Waals surface area contributed by atoms with Gasteiger partial charge in [0.05, 0.1) is 13.2 Å². The first-order chi connectivity index (χ1) is 13.3. The zero-order valence-corrected chi connectivity index (χ0v) is 16.1. The molecule has 0 amide bonds. The summed E-state index contributed by atoms with van der Waals surface area (Å²) < 4.78 is 13.3. The fourth-order valence-electron chi connectivity index (χ4n) is 4.02. The Morgan fingerprint density at radius 2 is 1.96 bits per heavy atom. The molecule has 7 nitrogen and oxygen atoms in total. The van der Waals surface area contributed by atoms with Crippen LogP contribution in [0.2, 0.25) is 0 Å². The topological polar surface area (TPSA) is 64.4 Å². The minimum absolute atomic E-state index is 0.522. The Morgan fingerprint density at radius 3 is 2.81 bits per heavy atom. The number of ether oxygens (including phenoxy) is 2. The van der Waals surface area contributed by atoms with Crippen LogP contribution in [0.3, 0.4) is 0 Å². The molecule has 0 bridgehead atoms. The lowest BCUT2D eigenvalue weighted by Crippen LogP contribution is -2.34. The molecule has 2 aromatic rings. The van der Waals surface area contributed by atoms with E-state index >= 15 is 0 Å². The second kappa shape index (κ2) is 8.82. The van der Waals surface area contributed by atoms with E-state index in [1.54, 1.807) is 7.11 Å². The average Bonchev–Trinajstić information content (AvgIpc) is 3.14. The van der Waals surface area contributed by atoms with Crippen molar-refractivity contribution in [3.63, 3.8) is 0 Å². The second-order valence-electron chi connectivity index (χ2n) is 7.30. The molecule has 1 N–H and O–H groups in total. The van der Waals surface area contributed by atoms with Crippen LogP contribution in [-0.4, -0.2) is 59.6 Å². The summed E-state index contributed by atoms with van der Waals surface area (Å²) in [5.41, 5.74) is 1.25. The van der Waals surface area contributed by atoms with Crippen LogP contribution in [0.25, 0.3) is 0 Å². The highest BCUT2D eigenvalue weighted by atomic mass is 16.5. The number of nitrogens with zero attached hydrogens (tertiary/aromatic N) is 4. The van der Waals surface area contributed by atoms with E-state index < -0.39 is 0 Å². The van der Waals surface area contributed by atoms with E-state index in [1.807, 2.05) is 12.1 Å². The van der Waals surface area contributed by atoms with E-state index in [2.05, 4.69) is 37.1 Å². The van der Waals surface area contributed by atoms with Gasteiger partial charge in [0.2, 0.25) is 0 Å². The molecule has 0 radical (unpaired) electrons. The van der Waals surface area contributed by atoms with Crippen molar-refractivity contribution in [1.29, 1.82) is 0 Å². The lowest BCUT2D eigenvalue weighted by atomic mass is 9.95. The number of benzene rings is 1. The Morgan fingerprint density at radius 1 is 1.11 bits per heavy atom. The lowest BCUT2D eigenvalue weighted by molar-refractivity contribution is 0.144. The molecular formula is C20H29N5O2. The summed E-state index contributed by atoms with van der Waals surface area (Å²) >= 11 is 0. The van der Waals surface area contributed by atoms with Crippen LogP contribution in [0.4, 0.5) is 0 Å². The predicted molar refractivity (Wildman–Crippen MR) is 103 cm³/mol. The number of piperidine rings is 1. The van der Waals surface area contributed by atoms with Crippen LogP contribution < -0.4 is 10.1 Å². The van der Waals surface area contributed by atoms with E-state index in [9.17, 15) is 0 Å². The molecule has 1 fully saturated rings. The zero-order chi connectivity index (χ0) is 18.5. The molecule has 0 atom stereocenters. The quantitative estimate of drug-likeness (QED) is 0.749. The zero-order valence-electron chi connectivity index (χ0n) is 16.1. The average molecular weight is 371 g/mol. The predicted octanol–water partition coefficient (Wildman–Crippen LogP) is 1.79. The van der Waals surface area contributed by atoms with Gasteiger partial charge in [0.1, 0.15) is 24.0 Å². The molecule has 0 aliphatic carbocycles. The van der Waals surface area contributed by atoms with Gasteiger partial charge in [-0.3, -0.25) is 4.90 Å². The molecule has 3 heterocycles. The minimum Gasteiger partial charge on any atom is -0.491 e. The van der Waals surface area contributed by atoms with E-state index in [4.69, 9.17) is 9.47 Å². The van der Waals surface area contributed by atoms with Crippen LogP contribution in [-0.2, 0) is 24.4 Å². The summed E-state index contributed by atoms with van der Waals surface area (Å²) in [6, 6.07) is 8.33. The molecule has 1 aromatic heterocycles. The van der Waals surface area contributed by atoms with E-state index in [1.165, 1.54) is 11.4 Å². The SMILES string of the molecule is COCCOc1ccccc1CN1CCC(c2nnc3n2CCNC3)CC1. The molecular weight excluding hydrogens is 342 g/mol. The molecule has 27 heavy (non-hydrogen) atoms. The number of rotatable bonds is 7. The van der Waals surface area contributed by atoms with Gasteiger partial charge in [-0.1, -0.05) is 18.2 Å². The number of nitrogens with one attached hydrogen (secondary N) is 1. The van der Waals surface area contributed by atoms with Crippen LogP contribution >= 0.6 is 0 Å². The Hall–Kier alpha value is -1.96. The number of likely N-dealkylation sites (tertiary alicyclic amines) is 1. The first-order valence-electron chi connectivity index (χ1n) is 9.90. The molecule has 0 saturated carbocycles. The molecule has 1 aromatic carbocycles. The smallest absolute Gasteiger partial charge is 0.147 e. The number of fused-ring (bicyclic) bond motifs is 1. The maximum atomic E-state index is 5.88. The third-order valence-electron chi connectivity index (χ3n) is 5.52. The molecule has 0 unspecified atom stereocenters. The number of hydrogen-bond acceptors (Lipinski definition) is 6. The summed E-state index contributed by atoms with van der Waals surface area (Å²) in [4.78, 5) is 2.52. The Labute approximate surface area is 160 Å². The first-order valence-corrected chi connectivity index (χ1v) is 9.90. The van der Waals surface area contributed by atoms with Crippen molar-refractivity contribution < 1.29 is 9.47 Å². The number of hydrogen-bond donors (Lipinski definition) is 1. The van der Waals surface area contributed by atoms with Gasteiger partial charge < -0.3 is 19.4 Å². The van der Waals surface area contributed by atoms with E-state index in [-0.39, 0.29) is 0 Å². The third-order valence-corrected chi connectivity index (χ3v) is 5.52. The van der Waals surface area contributed by atoms with Gasteiger partial charge >= 0.3 is 0 Å². The van der Waals surface area contributed by atoms with Gasteiger partial charge in [-0.05, 0) is 32.0 Å². The fraction of sp³-hybridized carbons (Fsp3) is 0.600. The number of methoxy groups -OCH3 is 1. The maximum absolute atomic E-state index is 5.88. The lowest BCUT2D eigenvalue weighted by Gasteiger charge is -2.32. The standard InChI is InChI=1S/C20H29N5O2/c1-26-12-13-27-18-5-3-2-4-17(18)15-24-9-6-16(7-10-24)20-23-22-19-14-21-8-11-25(19)20/h2-5,16,21H,6-15H2,1H3. The van der Waals surface area contributed by atoms with Crippen LogP contribution in [0.5, 0.6) is 5.75 Å². The van der Waals surface area contributed by atoms with Gasteiger partial charge in [-0.25, -0.2) is 0 Å². The Bertz CT molecular complexity index is 740. The number of para-hydroxylation sites is 1. The normalized spacial score (nSPS) is 18.4. The summed E-state index contributed by atoms with van der Waals surface area (Å²) in [6.45, 7) is 7.12. The van der Waals surface area contributed by atoms with Crippen molar-refractivity contribution in [1.82, 2.24) is 25.0 Å². The van der Waals surface area contributed by atoms with Crippen molar-refractivity contribution in [2.45, 2.75) is 38.4 Å². The molecule has 7 heteroatoms. The van der Waals surface area contributed by atoms with Crippen molar-refractivity contribution in [2.75, 3.05) is 40.0 Å². The highest BCUT2D eigenvalue weighted by molar-refractivity contribution is 5.33. The largest absolute Gasteiger partial charge is 0.491 e. The van der Waals surface area contributed by atoms with Crippen molar-refractivity contribution in [2.24, 2.45) is 0 Å². The molecule has 2 aliphatic heterocycles. The first kappa shape index (κ1) is 18.4. The Balaban J connectivity index is 1.34. The van der Waals surface area contributed by atoms with Crippen molar-refractivity contribution >= 4 is 0 Å². The molecule has 0 spiro atoms. The molecule has 146 valence electrons. The van der Waals surface area contributed by atoms with Crippen molar-refractivity contribution in [3.05, 3.63) is 41.5 Å². The van der Waals surface area contributed by atoms with Crippen LogP contribution in [0.15, 0.2) is 24.3 Å². The monoisotopic (exact) mass is 371 g/mol. The summed E-state index contributed by atoms with van der Waals surface area (Å²) in [5, 5.41) is 12.2. The highest BCUT2D eigenvalue weighted by Crippen LogP contribution is 2.29. The van der Waals surface area contributed by atoms with Gasteiger partial charge in [0.15, 0.2) is 0 Å².